The molecular formula is C23H24N2O3. The van der Waals surface area contributed by atoms with Gasteiger partial charge in [-0.1, -0.05) is 42.5 Å². The molecule has 1 atom stereocenters. The van der Waals surface area contributed by atoms with E-state index in [9.17, 15) is 0 Å². The van der Waals surface area contributed by atoms with Gasteiger partial charge in [-0.25, -0.2) is 0 Å². The Labute approximate surface area is 164 Å². The summed E-state index contributed by atoms with van der Waals surface area (Å²) in [6.45, 7) is 1.32. The second-order valence-corrected chi connectivity index (χ2v) is 6.68. The van der Waals surface area contributed by atoms with Crippen molar-refractivity contribution in [3.05, 3.63) is 82.1 Å². The Balaban J connectivity index is 1.62. The van der Waals surface area contributed by atoms with Crippen LogP contribution in [0, 0.1) is 0 Å². The topological polar surface area (TPSA) is 55.8 Å². The molecule has 1 aromatic heterocycles. The highest BCUT2D eigenvalue weighted by Crippen LogP contribution is 2.33. The van der Waals surface area contributed by atoms with E-state index in [0.717, 1.165) is 40.4 Å². The third-order valence-electron chi connectivity index (χ3n) is 4.92. The lowest BCUT2D eigenvalue weighted by Gasteiger charge is -2.18. The number of hydrogen-bond donors (Lipinski definition) is 1. The minimum absolute atomic E-state index is 0.207. The number of ether oxygens (including phenoxy) is 3. The molecule has 1 N–H and O–H groups in total. The molecule has 1 unspecified atom stereocenters. The van der Waals surface area contributed by atoms with Gasteiger partial charge >= 0.3 is 0 Å². The molecule has 144 valence electrons. The summed E-state index contributed by atoms with van der Waals surface area (Å²) in [4.78, 5) is 7.79. The lowest BCUT2D eigenvalue weighted by molar-refractivity contribution is 0.135. The van der Waals surface area contributed by atoms with E-state index >= 15 is 0 Å². The fraction of sp³-hybridized carbons (Fsp3) is 0.261. The molecule has 1 aliphatic heterocycles. The van der Waals surface area contributed by atoms with Gasteiger partial charge in [-0.2, -0.15) is 0 Å². The second-order valence-electron chi connectivity index (χ2n) is 6.68. The number of nitrogens with one attached hydrogen (secondary N) is 1. The molecule has 0 saturated heterocycles. The summed E-state index contributed by atoms with van der Waals surface area (Å²) in [5, 5.41) is 1.13. The molecule has 0 saturated carbocycles. The minimum atomic E-state index is -0.207. The molecule has 28 heavy (non-hydrogen) atoms. The van der Waals surface area contributed by atoms with Crippen molar-refractivity contribution in [2.75, 3.05) is 20.8 Å². The van der Waals surface area contributed by atoms with Crippen molar-refractivity contribution in [1.82, 2.24) is 4.98 Å². The molecular weight excluding hydrogens is 352 g/mol. The number of benzene rings is 2. The zero-order valence-corrected chi connectivity index (χ0v) is 16.1. The lowest BCUT2D eigenvalue weighted by atomic mass is 10.0. The van der Waals surface area contributed by atoms with Crippen LogP contribution in [0.4, 0.5) is 0 Å². The fourth-order valence-electron chi connectivity index (χ4n) is 3.53. The SMILES string of the molecule is COc1cc(C(OC)c2c[nH]c3c2=CCCN=3)ccc1OCc1ccccc1. The predicted octanol–water partition coefficient (Wildman–Crippen LogP) is 3.14. The molecule has 2 heterocycles. The smallest absolute Gasteiger partial charge is 0.161 e. The Bertz CT molecular complexity index is 1060. The van der Waals surface area contributed by atoms with Crippen LogP contribution in [0.2, 0.25) is 0 Å². The Morgan fingerprint density at radius 2 is 1.93 bits per heavy atom. The molecule has 1 aliphatic rings. The third kappa shape index (κ3) is 3.66. The zero-order chi connectivity index (χ0) is 19.3. The maximum atomic E-state index is 5.97. The van der Waals surface area contributed by atoms with Crippen LogP contribution in [0.5, 0.6) is 11.5 Å². The number of hydrogen-bond acceptors (Lipinski definition) is 4. The molecule has 0 bridgehead atoms. The van der Waals surface area contributed by atoms with Crippen molar-refractivity contribution in [1.29, 1.82) is 0 Å². The van der Waals surface area contributed by atoms with Crippen molar-refractivity contribution in [3.63, 3.8) is 0 Å². The van der Waals surface area contributed by atoms with Crippen molar-refractivity contribution in [2.45, 2.75) is 19.1 Å². The van der Waals surface area contributed by atoms with Gasteiger partial charge in [0, 0.05) is 30.6 Å². The fourth-order valence-corrected chi connectivity index (χ4v) is 3.53. The number of aromatic amines is 1. The Morgan fingerprint density at radius 3 is 2.71 bits per heavy atom. The Hall–Kier alpha value is -3.05. The van der Waals surface area contributed by atoms with E-state index in [1.165, 1.54) is 0 Å². The lowest BCUT2D eigenvalue weighted by Crippen LogP contribution is -2.30. The minimum Gasteiger partial charge on any atom is -0.493 e. The summed E-state index contributed by atoms with van der Waals surface area (Å²) in [6.07, 6.45) is 4.94. The number of aromatic nitrogens is 1. The number of nitrogens with zero attached hydrogens (tertiary/aromatic N) is 1. The molecule has 0 aliphatic carbocycles. The summed E-state index contributed by atoms with van der Waals surface area (Å²) in [5.41, 5.74) is 4.13. The van der Waals surface area contributed by atoms with E-state index in [1.807, 2.05) is 54.7 Å². The molecule has 2 aromatic carbocycles. The summed E-state index contributed by atoms with van der Waals surface area (Å²) < 4.78 is 17.4. The first-order valence-corrected chi connectivity index (χ1v) is 9.39. The van der Waals surface area contributed by atoms with E-state index in [-0.39, 0.29) is 6.10 Å². The maximum absolute atomic E-state index is 5.97. The molecule has 5 heteroatoms. The Morgan fingerprint density at radius 1 is 1.07 bits per heavy atom. The van der Waals surface area contributed by atoms with E-state index in [0.29, 0.717) is 18.1 Å². The highest BCUT2D eigenvalue weighted by molar-refractivity contribution is 5.46. The maximum Gasteiger partial charge on any atom is 0.161 e. The van der Waals surface area contributed by atoms with Gasteiger partial charge in [0.1, 0.15) is 18.2 Å². The average Bonchev–Trinajstić information content (AvgIpc) is 3.18. The molecule has 5 nitrogen and oxygen atoms in total. The molecule has 4 rings (SSSR count). The summed E-state index contributed by atoms with van der Waals surface area (Å²) in [7, 11) is 3.37. The first kappa shape index (κ1) is 18.3. The number of rotatable bonds is 7. The van der Waals surface area contributed by atoms with E-state index < -0.39 is 0 Å². The largest absolute Gasteiger partial charge is 0.493 e. The number of methoxy groups -OCH3 is 2. The number of H-pyrrole nitrogens is 1. The number of fused-ring (bicyclic) bond motifs is 1. The van der Waals surface area contributed by atoms with Crippen LogP contribution in [0.1, 0.15) is 29.2 Å². The van der Waals surface area contributed by atoms with Crippen molar-refractivity contribution in [3.8, 4) is 11.5 Å². The van der Waals surface area contributed by atoms with Gasteiger partial charge in [-0.05, 0) is 29.7 Å². The van der Waals surface area contributed by atoms with Crippen molar-refractivity contribution in [2.24, 2.45) is 4.99 Å². The molecule has 3 aromatic rings. The van der Waals surface area contributed by atoms with Crippen molar-refractivity contribution < 1.29 is 14.2 Å². The molecule has 0 amide bonds. The monoisotopic (exact) mass is 376 g/mol. The van der Waals surface area contributed by atoms with Crippen LogP contribution in [0.25, 0.3) is 6.08 Å². The first-order valence-electron chi connectivity index (χ1n) is 9.39. The highest BCUT2D eigenvalue weighted by Gasteiger charge is 2.19. The Kier molecular flexibility index (Phi) is 5.44. The molecule has 0 spiro atoms. The quantitative estimate of drug-likeness (QED) is 0.689. The van der Waals surface area contributed by atoms with Crippen molar-refractivity contribution >= 4 is 6.08 Å². The van der Waals surface area contributed by atoms with Gasteiger partial charge in [0.15, 0.2) is 11.5 Å². The summed E-state index contributed by atoms with van der Waals surface area (Å²) in [5.74, 6) is 1.40. The van der Waals surface area contributed by atoms with Crippen LogP contribution in [0.3, 0.4) is 0 Å². The normalized spacial score (nSPS) is 13.8. The van der Waals surface area contributed by atoms with Gasteiger partial charge in [-0.3, -0.25) is 4.99 Å². The second kappa shape index (κ2) is 8.31. The van der Waals surface area contributed by atoms with E-state index in [1.54, 1.807) is 14.2 Å². The van der Waals surface area contributed by atoms with Crippen LogP contribution >= 0.6 is 0 Å². The van der Waals surface area contributed by atoms with Crippen LogP contribution < -0.4 is 20.2 Å². The molecule has 0 fully saturated rings. The summed E-state index contributed by atoms with van der Waals surface area (Å²) in [6, 6.07) is 16.0. The van der Waals surface area contributed by atoms with Gasteiger partial charge < -0.3 is 19.2 Å². The summed E-state index contributed by atoms with van der Waals surface area (Å²) >= 11 is 0. The first-order chi connectivity index (χ1) is 13.8. The van der Waals surface area contributed by atoms with Crippen LogP contribution in [0.15, 0.2) is 59.7 Å². The zero-order valence-electron chi connectivity index (χ0n) is 16.1. The van der Waals surface area contributed by atoms with Gasteiger partial charge in [0.2, 0.25) is 0 Å². The average molecular weight is 376 g/mol. The molecule has 0 radical (unpaired) electrons. The standard InChI is InChI=1S/C23H24N2O3/c1-26-21-13-17(10-11-20(21)28-15-16-7-4-3-5-8-16)22(27-2)19-14-25-23-18(19)9-6-12-24-23/h3-5,7-11,13-14,22H,6,12,15H2,1-2H3,(H,24,25). The van der Waals surface area contributed by atoms with Crippen LogP contribution in [-0.4, -0.2) is 25.7 Å². The highest BCUT2D eigenvalue weighted by atomic mass is 16.5. The van der Waals surface area contributed by atoms with Crippen LogP contribution in [-0.2, 0) is 11.3 Å². The van der Waals surface area contributed by atoms with E-state index in [2.05, 4.69) is 16.1 Å². The third-order valence-corrected chi connectivity index (χ3v) is 4.92. The van der Waals surface area contributed by atoms with Gasteiger partial charge in [-0.15, -0.1) is 0 Å². The van der Waals surface area contributed by atoms with Gasteiger partial charge in [0.05, 0.1) is 7.11 Å². The van der Waals surface area contributed by atoms with E-state index in [4.69, 9.17) is 14.2 Å². The predicted molar refractivity (Wildman–Crippen MR) is 108 cm³/mol. The van der Waals surface area contributed by atoms with Gasteiger partial charge in [0.25, 0.3) is 0 Å².